The third-order valence-electron chi connectivity index (χ3n) is 28.9. The number of para-hydroxylation sites is 6. The second kappa shape index (κ2) is 39.3. The Morgan fingerprint density at radius 1 is 0.388 bits per heavy atom. The molecule has 9 aliphatic heterocycles. The van der Waals surface area contributed by atoms with Gasteiger partial charge in [0.25, 0.3) is 16.7 Å². The van der Waals surface area contributed by atoms with Crippen molar-refractivity contribution in [2.45, 2.75) is 340 Å². The molecule has 12 aliphatic rings. The van der Waals surface area contributed by atoms with Crippen LogP contribution in [0.4, 0.5) is 11.6 Å². The Morgan fingerprint density at radius 2 is 0.664 bits per heavy atom. The SMILES string of the molecule is COC(=O)C1(O)CCN(c2nc3ccccc3n(C3C[C@H]4CC[C@@H](C3)N4C3CCCCCCC3)c2=O)CC1.COC(=O)C1(O)CCNCC1.O=C(O)C1(O)CCN(c2nc3ccccc3n(C3C[C@H]4CC[C@@H](C3)N4C3CCCCCCC3)c2=O)CC1.O=c1c(Cl)nc2ccccc2n1C1C[C@H]2CC[C@@H](C1)N2C1CCCCCCC1.[Na+].[OH-]. The number of methoxy groups -OCH3 is 2. The van der Waals surface area contributed by atoms with Crippen molar-refractivity contribution in [1.82, 2.24) is 48.7 Å². The number of fused-ring (bicyclic) bond motifs is 9. The second-order valence-electron chi connectivity index (χ2n) is 35.7. The van der Waals surface area contributed by atoms with Gasteiger partial charge in [-0.25, -0.2) is 29.3 Å². The van der Waals surface area contributed by atoms with Gasteiger partial charge in [-0.15, -0.1) is 0 Å². The Hall–Kier alpha value is -5.94. The summed E-state index contributed by atoms with van der Waals surface area (Å²) in [5.41, 5.74) is 0.467. The Bertz CT molecular complexity index is 4460. The first-order valence-corrected chi connectivity index (χ1v) is 44.5. The van der Waals surface area contributed by atoms with E-state index in [1.807, 2.05) is 96.3 Å². The number of nitrogens with zero attached hydrogens (tertiary/aromatic N) is 11. The third-order valence-corrected chi connectivity index (χ3v) is 29.2. The maximum absolute atomic E-state index is 14.1. The Morgan fingerprint density at radius 3 is 0.974 bits per heavy atom. The van der Waals surface area contributed by atoms with Crippen molar-refractivity contribution >= 4 is 74.2 Å². The van der Waals surface area contributed by atoms with Gasteiger partial charge in [0, 0.05) is 124 Å². The fraction of sp³-hybridized carbons (Fsp3) is 0.697. The van der Waals surface area contributed by atoms with Crippen LogP contribution in [0.3, 0.4) is 0 Å². The van der Waals surface area contributed by atoms with Gasteiger partial charge in [0.05, 0.1) is 47.3 Å². The number of rotatable bonds is 11. The smallest absolute Gasteiger partial charge is 0.870 e. The molecule has 27 heteroatoms. The van der Waals surface area contributed by atoms with E-state index in [0.717, 1.165) is 77.7 Å². The quantitative estimate of drug-likeness (QED) is 0.0595. The molecule has 12 fully saturated rings. The predicted octanol–water partition coefficient (Wildman–Crippen LogP) is 9.71. The van der Waals surface area contributed by atoms with Crippen LogP contribution >= 0.6 is 11.6 Å². The maximum atomic E-state index is 14.1. The molecular weight excluding hydrogens is 1500 g/mol. The molecule has 6 N–H and O–H groups in total. The molecule has 6 bridgehead atoms. The van der Waals surface area contributed by atoms with Crippen LogP contribution in [0.2, 0.25) is 5.15 Å². The van der Waals surface area contributed by atoms with Gasteiger partial charge < -0.3 is 64.2 Å². The molecule has 25 nitrogen and oxygen atoms in total. The summed E-state index contributed by atoms with van der Waals surface area (Å²) in [6, 6.07) is 29.9. The van der Waals surface area contributed by atoms with Gasteiger partial charge in [0.1, 0.15) is 0 Å². The summed E-state index contributed by atoms with van der Waals surface area (Å²) in [6.07, 6.45) is 43.8. The normalized spacial score (nSPS) is 28.0. The topological polar surface area (TPSA) is 313 Å². The van der Waals surface area contributed by atoms with Crippen LogP contribution in [-0.4, -0.2) is 212 Å². The minimum Gasteiger partial charge on any atom is -0.870 e. The first-order chi connectivity index (χ1) is 55.3. The molecule has 9 saturated heterocycles. The number of hydrogen-bond donors (Lipinski definition) is 5. The summed E-state index contributed by atoms with van der Waals surface area (Å²) in [5, 5.41) is 43.3. The molecule has 0 amide bonds. The molecule has 3 saturated carbocycles. The van der Waals surface area contributed by atoms with Gasteiger partial charge in [-0.3, -0.25) is 29.1 Å². The van der Waals surface area contributed by atoms with Crippen molar-refractivity contribution in [3.05, 3.63) is 109 Å². The number of anilines is 2. The number of halogens is 1. The first kappa shape index (κ1) is 87.9. The summed E-state index contributed by atoms with van der Waals surface area (Å²) >= 11 is 6.23. The van der Waals surface area contributed by atoms with Crippen LogP contribution in [0.25, 0.3) is 33.1 Å². The first-order valence-electron chi connectivity index (χ1n) is 44.1. The third kappa shape index (κ3) is 18.9. The number of aliphatic carboxylic acids is 1. The van der Waals surface area contributed by atoms with Crippen LogP contribution in [-0.2, 0) is 23.9 Å². The van der Waals surface area contributed by atoms with Crippen LogP contribution < -0.4 is 61.4 Å². The monoisotopic (exact) mass is 1630 g/mol. The minimum absolute atomic E-state index is 0. The predicted molar refractivity (Wildman–Crippen MR) is 446 cm³/mol. The Kier molecular flexibility index (Phi) is 29.8. The summed E-state index contributed by atoms with van der Waals surface area (Å²) in [6.45, 7) is 2.72. The molecule has 0 spiro atoms. The molecule has 18 rings (SSSR count). The van der Waals surface area contributed by atoms with E-state index in [1.165, 1.54) is 188 Å². The molecule has 0 radical (unpaired) electrons. The van der Waals surface area contributed by atoms with Gasteiger partial charge >= 0.3 is 47.5 Å². The van der Waals surface area contributed by atoms with Gasteiger partial charge in [-0.2, -0.15) is 0 Å². The van der Waals surface area contributed by atoms with Gasteiger partial charge in [-0.1, -0.05) is 144 Å². The molecule has 6 aromatic rings. The molecule has 9 atom stereocenters. The van der Waals surface area contributed by atoms with E-state index >= 15 is 0 Å². The fourth-order valence-corrected chi connectivity index (χ4v) is 23.3. The van der Waals surface area contributed by atoms with Gasteiger partial charge in [0.2, 0.25) is 0 Å². The number of carbonyl (C=O) groups excluding carboxylic acids is 2. The number of carboxylic acid groups (broad SMARTS) is 1. The molecule has 12 heterocycles. The number of hydrogen-bond acceptors (Lipinski definition) is 21. The van der Waals surface area contributed by atoms with Crippen molar-refractivity contribution in [2.75, 3.05) is 63.3 Å². The summed E-state index contributed by atoms with van der Waals surface area (Å²) < 4.78 is 15.3. The number of aliphatic hydroxyl groups is 3. The molecule has 3 aromatic carbocycles. The number of piperidine rings is 6. The number of carboxylic acids is 1. The van der Waals surface area contributed by atoms with E-state index in [2.05, 4.69) is 29.7 Å². The Labute approximate surface area is 709 Å². The zero-order chi connectivity index (χ0) is 79.3. The number of esters is 2. The average Bonchev–Trinajstić information content (AvgIpc) is 1.29. The molecule has 3 aliphatic carbocycles. The summed E-state index contributed by atoms with van der Waals surface area (Å²) in [4.78, 5) is 102. The van der Waals surface area contributed by atoms with Crippen molar-refractivity contribution in [1.29, 1.82) is 0 Å². The van der Waals surface area contributed by atoms with Crippen molar-refractivity contribution in [3.8, 4) is 0 Å². The maximum Gasteiger partial charge on any atom is 1.00 e. The number of carbonyl (C=O) groups is 3. The van der Waals surface area contributed by atoms with Crippen LogP contribution in [0.5, 0.6) is 0 Å². The van der Waals surface area contributed by atoms with Crippen LogP contribution in [0, 0.1) is 0 Å². The minimum atomic E-state index is -1.73. The number of aromatic nitrogens is 6. The van der Waals surface area contributed by atoms with Crippen molar-refractivity contribution in [2.24, 2.45) is 0 Å². The average molecular weight is 1630 g/mol. The second-order valence-corrected chi connectivity index (χ2v) is 36.1. The molecule has 628 valence electrons. The van der Waals surface area contributed by atoms with Gasteiger partial charge in [0.15, 0.2) is 33.6 Å². The zero-order valence-electron chi connectivity index (χ0n) is 69.0. The molecular formula is C89H126ClN12NaO13. The van der Waals surface area contributed by atoms with Gasteiger partial charge in [-0.05, 0) is 178 Å². The molecule has 3 aromatic heterocycles. The van der Waals surface area contributed by atoms with E-state index in [9.17, 15) is 49.2 Å². The zero-order valence-corrected chi connectivity index (χ0v) is 71.7. The largest absolute Gasteiger partial charge is 1.00 e. The standard InChI is InChI=1S/C30H42N4O4.C29H40N4O4.C23H30ClN3O.C7H13NO3.Na.H2O/c1-38-29(36)30(37)15-17-32(18-16-30)27-28(35)34(26-12-8-7-11-25(26)31-27)24-19-22-13-14-23(20-24)33(22)21-9-5-3-2-4-6-10-21;34-27-26(31-16-14-29(37,15-17-31)28(35)36)30-24-10-6-7-11-25(24)33(27)23-18-21-12-13-22(19-23)32(21)20-8-4-2-1-3-5-9-20;24-22-23(28)27(21-11-7-6-10-20(21)25-22)19-14-17-12-13-18(15-19)26(17)16-8-4-2-1-3-5-9-16;1-11-6(9)7(10)2-4-8-5-3-7;;/h7-8,11-12,21-24,37H,2-6,9-10,13-20H2,1H3;6-7,10-11,20-23,37H,1-5,8-9,12-19H2,(H,35,36);6-7,10-11,16-19H,1-5,8-9,12-15H2;8,10H,2-5H2,1H3;;1H2/q;;;;+1;/p-1/t22-,23+,24?;21-,22+,23?;17-,18+,19?;;;. The number of nitrogens with one attached hydrogen (secondary N) is 1. The fourth-order valence-electron chi connectivity index (χ4n) is 23.1. The van der Waals surface area contributed by atoms with E-state index < -0.39 is 34.7 Å². The van der Waals surface area contributed by atoms with Crippen molar-refractivity contribution < 1.29 is 79.3 Å². The number of benzene rings is 3. The van der Waals surface area contributed by atoms with Crippen molar-refractivity contribution in [3.63, 3.8) is 0 Å². The molecule has 116 heavy (non-hydrogen) atoms. The van der Waals surface area contributed by atoms with E-state index in [4.69, 9.17) is 26.3 Å². The number of ether oxygens (including phenoxy) is 2. The van der Waals surface area contributed by atoms with Crippen LogP contribution in [0.15, 0.2) is 87.2 Å². The Balaban J connectivity index is 0.000000142. The summed E-state index contributed by atoms with van der Waals surface area (Å²) in [5.74, 6) is -1.49. The van der Waals surface area contributed by atoms with E-state index in [-0.39, 0.29) is 101 Å². The van der Waals surface area contributed by atoms with E-state index in [0.29, 0.717) is 112 Å². The van der Waals surface area contributed by atoms with E-state index in [1.54, 1.807) is 0 Å². The van der Waals surface area contributed by atoms with Crippen LogP contribution in [0.1, 0.15) is 269 Å². The molecule has 3 unspecified atom stereocenters. The summed E-state index contributed by atoms with van der Waals surface area (Å²) in [7, 11) is 2.59.